The zero-order valence-corrected chi connectivity index (χ0v) is 15.7. The van der Waals surface area contributed by atoms with Crippen LogP contribution in [0.25, 0.3) is 0 Å². The number of nitrogens with zero attached hydrogens (tertiary/aromatic N) is 1. The van der Waals surface area contributed by atoms with E-state index in [2.05, 4.69) is 10.6 Å². The lowest BCUT2D eigenvalue weighted by atomic mass is 9.76. The van der Waals surface area contributed by atoms with Crippen LogP contribution in [-0.4, -0.2) is 53.8 Å². The van der Waals surface area contributed by atoms with Gasteiger partial charge in [0.05, 0.1) is 24.5 Å². The Balaban J connectivity index is 1.58. The number of hydrogen-bond acceptors (Lipinski definition) is 6. The molecular weight excluding hydrogens is 376 g/mol. The van der Waals surface area contributed by atoms with Gasteiger partial charge in [-0.25, -0.2) is 0 Å². The zero-order chi connectivity index (χ0) is 20.3. The average molecular weight is 398 g/mol. The minimum atomic E-state index is -1.39. The molecule has 1 aromatic carbocycles. The standard InChI is InChI=1S/C20H22N4O5/c21-14(25)8-13-15-16(18(27)24(17(15)26)9-10-4-3-7-29-10)20(23-13)11-5-1-2-6-12(11)22-19(20)28/h1-2,5-6,10,13,15-16,23H,3-4,7-9H2,(H2,21,25)(H,22,28)/t10-,13+,15+,16-,20-/m1/s1. The lowest BCUT2D eigenvalue weighted by Gasteiger charge is -2.29. The first kappa shape index (κ1) is 18.3. The molecule has 4 N–H and O–H groups in total. The maximum absolute atomic E-state index is 13.4. The second kappa shape index (κ2) is 6.36. The summed E-state index contributed by atoms with van der Waals surface area (Å²) < 4.78 is 5.60. The van der Waals surface area contributed by atoms with Crippen LogP contribution < -0.4 is 16.4 Å². The lowest BCUT2D eigenvalue weighted by molar-refractivity contribution is -0.144. The van der Waals surface area contributed by atoms with E-state index in [-0.39, 0.29) is 30.9 Å². The fourth-order valence-corrected chi connectivity index (χ4v) is 5.38. The van der Waals surface area contributed by atoms with Crippen LogP contribution in [0.1, 0.15) is 24.8 Å². The highest BCUT2D eigenvalue weighted by Crippen LogP contribution is 2.53. The van der Waals surface area contributed by atoms with Crippen LogP contribution in [0.2, 0.25) is 0 Å². The number of likely N-dealkylation sites (tertiary alicyclic amines) is 1. The number of ether oxygens (including phenoxy) is 1. The first-order chi connectivity index (χ1) is 13.9. The number of primary amides is 1. The van der Waals surface area contributed by atoms with Crippen molar-refractivity contribution in [3.8, 4) is 0 Å². The summed E-state index contributed by atoms with van der Waals surface area (Å²) in [6.07, 6.45) is 1.35. The summed E-state index contributed by atoms with van der Waals surface area (Å²) in [6, 6.07) is 6.40. The van der Waals surface area contributed by atoms with E-state index in [4.69, 9.17) is 10.5 Å². The quantitative estimate of drug-likeness (QED) is 0.584. The van der Waals surface area contributed by atoms with Crippen molar-refractivity contribution < 1.29 is 23.9 Å². The number of carbonyl (C=O) groups is 4. The molecule has 4 aliphatic heterocycles. The molecule has 152 valence electrons. The van der Waals surface area contributed by atoms with E-state index in [0.717, 1.165) is 12.8 Å². The van der Waals surface area contributed by atoms with Gasteiger partial charge in [-0.15, -0.1) is 0 Å². The van der Waals surface area contributed by atoms with E-state index in [9.17, 15) is 19.2 Å². The molecule has 0 bridgehead atoms. The Kier molecular flexibility index (Phi) is 4.01. The molecule has 1 aromatic rings. The normalized spacial score (nSPS) is 35.3. The number of benzene rings is 1. The van der Waals surface area contributed by atoms with Crippen LogP contribution in [0, 0.1) is 11.8 Å². The summed E-state index contributed by atoms with van der Waals surface area (Å²) in [7, 11) is 0. The van der Waals surface area contributed by atoms with Crippen molar-refractivity contribution in [3.05, 3.63) is 29.8 Å². The van der Waals surface area contributed by atoms with Crippen LogP contribution in [0.4, 0.5) is 5.69 Å². The Labute approximate surface area is 166 Å². The van der Waals surface area contributed by atoms with Crippen molar-refractivity contribution in [3.63, 3.8) is 0 Å². The van der Waals surface area contributed by atoms with Gasteiger partial charge >= 0.3 is 0 Å². The molecule has 4 amide bonds. The number of hydrogen-bond donors (Lipinski definition) is 3. The van der Waals surface area contributed by atoms with Crippen LogP contribution >= 0.6 is 0 Å². The van der Waals surface area contributed by atoms with E-state index in [1.165, 1.54) is 4.90 Å². The maximum Gasteiger partial charge on any atom is 0.250 e. The highest BCUT2D eigenvalue weighted by molar-refractivity contribution is 6.15. The van der Waals surface area contributed by atoms with Gasteiger partial charge in [-0.1, -0.05) is 18.2 Å². The third kappa shape index (κ3) is 2.47. The predicted octanol–water partition coefficient (Wildman–Crippen LogP) is -0.539. The Morgan fingerprint density at radius 2 is 2.03 bits per heavy atom. The molecule has 0 unspecified atom stereocenters. The van der Waals surface area contributed by atoms with E-state index in [1.807, 2.05) is 0 Å². The lowest BCUT2D eigenvalue weighted by Crippen LogP contribution is -2.54. The van der Waals surface area contributed by atoms with Gasteiger partial charge in [-0.3, -0.25) is 29.4 Å². The van der Waals surface area contributed by atoms with Crippen molar-refractivity contribution in [1.29, 1.82) is 0 Å². The molecule has 5 rings (SSSR count). The van der Waals surface area contributed by atoms with Gasteiger partial charge in [0.1, 0.15) is 5.54 Å². The minimum absolute atomic E-state index is 0.134. The van der Waals surface area contributed by atoms with Gasteiger partial charge in [0, 0.05) is 30.3 Å². The highest BCUT2D eigenvalue weighted by Gasteiger charge is 2.70. The number of nitrogens with one attached hydrogen (secondary N) is 2. The molecule has 1 spiro atoms. The molecule has 3 fully saturated rings. The molecule has 0 saturated carbocycles. The molecule has 3 saturated heterocycles. The first-order valence-electron chi connectivity index (χ1n) is 9.87. The van der Waals surface area contributed by atoms with Crippen molar-refractivity contribution in [2.24, 2.45) is 17.6 Å². The van der Waals surface area contributed by atoms with Crippen molar-refractivity contribution in [2.45, 2.75) is 36.9 Å². The van der Waals surface area contributed by atoms with Gasteiger partial charge in [0.15, 0.2) is 0 Å². The summed E-state index contributed by atoms with van der Waals surface area (Å²) in [6.45, 7) is 0.784. The SMILES string of the molecule is NC(=O)C[C@@H]1N[C@@]2(C(=O)Nc3ccccc32)[C@H]2C(=O)N(C[C@H]3CCCO3)C(=O)[C@@H]12. The molecule has 5 atom stereocenters. The Bertz CT molecular complexity index is 927. The molecule has 0 aromatic heterocycles. The molecule has 9 nitrogen and oxygen atoms in total. The Morgan fingerprint density at radius 1 is 1.24 bits per heavy atom. The van der Waals surface area contributed by atoms with Gasteiger partial charge in [0.25, 0.3) is 0 Å². The van der Waals surface area contributed by atoms with E-state index < -0.39 is 35.2 Å². The fraction of sp³-hybridized carbons (Fsp3) is 0.500. The van der Waals surface area contributed by atoms with E-state index in [1.54, 1.807) is 24.3 Å². The van der Waals surface area contributed by atoms with E-state index >= 15 is 0 Å². The summed E-state index contributed by atoms with van der Waals surface area (Å²) >= 11 is 0. The largest absolute Gasteiger partial charge is 0.376 e. The number of rotatable bonds is 4. The number of nitrogens with two attached hydrogens (primary N) is 1. The summed E-state index contributed by atoms with van der Waals surface area (Å²) in [4.78, 5) is 52.7. The zero-order valence-electron chi connectivity index (χ0n) is 15.7. The van der Waals surface area contributed by atoms with E-state index in [0.29, 0.717) is 17.9 Å². The van der Waals surface area contributed by atoms with Gasteiger partial charge in [-0.2, -0.15) is 0 Å². The van der Waals surface area contributed by atoms with Gasteiger partial charge in [0.2, 0.25) is 23.6 Å². The second-order valence-corrected chi connectivity index (χ2v) is 8.15. The van der Waals surface area contributed by atoms with Gasteiger partial charge in [-0.05, 0) is 18.9 Å². The predicted molar refractivity (Wildman–Crippen MR) is 100 cm³/mol. The van der Waals surface area contributed by atoms with Crippen molar-refractivity contribution in [2.75, 3.05) is 18.5 Å². The van der Waals surface area contributed by atoms with Crippen molar-refractivity contribution >= 4 is 29.3 Å². The smallest absolute Gasteiger partial charge is 0.250 e. The number of imide groups is 1. The molecular formula is C20H22N4O5. The topological polar surface area (TPSA) is 131 Å². The number of para-hydroxylation sites is 1. The first-order valence-corrected chi connectivity index (χ1v) is 9.87. The third-order valence-corrected chi connectivity index (χ3v) is 6.55. The average Bonchev–Trinajstić information content (AvgIpc) is 3.41. The van der Waals surface area contributed by atoms with Gasteiger partial charge < -0.3 is 15.8 Å². The molecule has 0 radical (unpaired) electrons. The van der Waals surface area contributed by atoms with Crippen LogP contribution in [0.5, 0.6) is 0 Å². The van der Waals surface area contributed by atoms with Crippen LogP contribution in [0.15, 0.2) is 24.3 Å². The van der Waals surface area contributed by atoms with Crippen LogP contribution in [-0.2, 0) is 29.5 Å². The maximum atomic E-state index is 13.4. The Morgan fingerprint density at radius 3 is 2.76 bits per heavy atom. The van der Waals surface area contributed by atoms with Crippen LogP contribution in [0.3, 0.4) is 0 Å². The molecule has 9 heteroatoms. The molecule has 4 aliphatic rings. The molecule has 4 heterocycles. The monoisotopic (exact) mass is 398 g/mol. The highest BCUT2D eigenvalue weighted by atomic mass is 16.5. The molecule has 29 heavy (non-hydrogen) atoms. The number of carbonyl (C=O) groups excluding carboxylic acids is 4. The fourth-order valence-electron chi connectivity index (χ4n) is 5.38. The second-order valence-electron chi connectivity index (χ2n) is 8.15. The minimum Gasteiger partial charge on any atom is -0.376 e. The Hall–Kier alpha value is -2.78. The summed E-state index contributed by atoms with van der Waals surface area (Å²) in [5, 5.41) is 5.98. The number of fused-ring (bicyclic) bond motifs is 4. The summed E-state index contributed by atoms with van der Waals surface area (Å²) in [5.41, 5.74) is 5.24. The van der Waals surface area contributed by atoms with Crippen molar-refractivity contribution in [1.82, 2.24) is 10.2 Å². The number of anilines is 1. The molecule has 0 aliphatic carbocycles. The summed E-state index contributed by atoms with van der Waals surface area (Å²) in [5.74, 6) is -3.51. The number of amides is 4. The third-order valence-electron chi connectivity index (χ3n) is 6.55.